The quantitative estimate of drug-likeness (QED) is 0.887. The van der Waals surface area contributed by atoms with Crippen molar-refractivity contribution in [3.63, 3.8) is 0 Å². The summed E-state index contributed by atoms with van der Waals surface area (Å²) in [7, 11) is 1.83. The van der Waals surface area contributed by atoms with Crippen LogP contribution in [0, 0.1) is 6.92 Å². The molecule has 0 saturated carbocycles. The van der Waals surface area contributed by atoms with E-state index in [1.54, 1.807) is 0 Å². The molecule has 0 spiro atoms. The second-order valence-electron chi connectivity index (χ2n) is 5.06. The SMILES string of the molecule is CNC(C)C(=O)N1CCCC1c1ccccc1C. The average molecular weight is 246 g/mol. The molecule has 18 heavy (non-hydrogen) atoms. The summed E-state index contributed by atoms with van der Waals surface area (Å²) in [5.74, 6) is 0.211. The largest absolute Gasteiger partial charge is 0.334 e. The maximum absolute atomic E-state index is 12.3. The Hall–Kier alpha value is -1.35. The molecule has 1 aliphatic heterocycles. The molecule has 98 valence electrons. The zero-order valence-corrected chi connectivity index (χ0v) is 11.4. The molecule has 2 unspecified atom stereocenters. The van der Waals surface area contributed by atoms with Gasteiger partial charge < -0.3 is 10.2 Å². The van der Waals surface area contributed by atoms with Gasteiger partial charge in [-0.2, -0.15) is 0 Å². The van der Waals surface area contributed by atoms with E-state index in [4.69, 9.17) is 0 Å². The van der Waals surface area contributed by atoms with E-state index in [0.717, 1.165) is 19.4 Å². The molecule has 0 radical (unpaired) electrons. The molecule has 0 aliphatic carbocycles. The van der Waals surface area contributed by atoms with Crippen molar-refractivity contribution in [2.75, 3.05) is 13.6 Å². The maximum Gasteiger partial charge on any atom is 0.239 e. The molecule has 2 rings (SSSR count). The van der Waals surface area contributed by atoms with E-state index >= 15 is 0 Å². The number of amides is 1. The third-order valence-corrected chi connectivity index (χ3v) is 3.89. The first-order chi connectivity index (χ1) is 8.65. The van der Waals surface area contributed by atoms with E-state index in [9.17, 15) is 4.79 Å². The number of nitrogens with zero attached hydrogens (tertiary/aromatic N) is 1. The number of hydrogen-bond acceptors (Lipinski definition) is 2. The fourth-order valence-corrected chi connectivity index (χ4v) is 2.69. The van der Waals surface area contributed by atoms with Gasteiger partial charge in [0.1, 0.15) is 0 Å². The number of carbonyl (C=O) groups is 1. The van der Waals surface area contributed by atoms with Crippen LogP contribution in [0.1, 0.15) is 36.9 Å². The molecular weight excluding hydrogens is 224 g/mol. The van der Waals surface area contributed by atoms with E-state index in [0.29, 0.717) is 0 Å². The van der Waals surface area contributed by atoms with Crippen molar-refractivity contribution in [2.45, 2.75) is 38.8 Å². The van der Waals surface area contributed by atoms with Crippen LogP contribution < -0.4 is 5.32 Å². The first-order valence-electron chi connectivity index (χ1n) is 6.68. The lowest BCUT2D eigenvalue weighted by molar-refractivity contribution is -0.133. The topological polar surface area (TPSA) is 32.3 Å². The minimum Gasteiger partial charge on any atom is -0.334 e. The maximum atomic E-state index is 12.3. The molecule has 0 aromatic heterocycles. The lowest BCUT2D eigenvalue weighted by atomic mass is 9.99. The third kappa shape index (κ3) is 2.41. The Balaban J connectivity index is 2.23. The van der Waals surface area contributed by atoms with E-state index in [2.05, 4.69) is 36.5 Å². The van der Waals surface area contributed by atoms with Crippen LogP contribution in [0.25, 0.3) is 0 Å². The molecule has 0 bridgehead atoms. The number of hydrogen-bond donors (Lipinski definition) is 1. The summed E-state index contributed by atoms with van der Waals surface area (Å²) in [5.41, 5.74) is 2.57. The molecular formula is C15H22N2O. The zero-order chi connectivity index (χ0) is 13.1. The van der Waals surface area contributed by atoms with Crippen molar-refractivity contribution in [1.29, 1.82) is 0 Å². The summed E-state index contributed by atoms with van der Waals surface area (Å²) in [6.07, 6.45) is 2.17. The third-order valence-electron chi connectivity index (χ3n) is 3.89. The van der Waals surface area contributed by atoms with Crippen LogP contribution in [0.2, 0.25) is 0 Å². The van der Waals surface area contributed by atoms with Crippen LogP contribution >= 0.6 is 0 Å². The minimum absolute atomic E-state index is 0.102. The van der Waals surface area contributed by atoms with Crippen LogP contribution in [0.3, 0.4) is 0 Å². The Morgan fingerprint density at radius 1 is 1.44 bits per heavy atom. The van der Waals surface area contributed by atoms with Crippen molar-refractivity contribution < 1.29 is 4.79 Å². The van der Waals surface area contributed by atoms with Crippen LogP contribution in [0.4, 0.5) is 0 Å². The van der Waals surface area contributed by atoms with Gasteiger partial charge in [-0.3, -0.25) is 4.79 Å². The Labute approximate surface area is 109 Å². The first kappa shape index (κ1) is 13.1. The minimum atomic E-state index is -0.102. The molecule has 1 N–H and O–H groups in total. The first-order valence-corrected chi connectivity index (χ1v) is 6.68. The van der Waals surface area contributed by atoms with E-state index < -0.39 is 0 Å². The fourth-order valence-electron chi connectivity index (χ4n) is 2.69. The molecule has 1 aromatic rings. The Bertz CT molecular complexity index is 430. The van der Waals surface area contributed by atoms with Crippen molar-refractivity contribution in [2.24, 2.45) is 0 Å². The second kappa shape index (κ2) is 5.53. The predicted octanol–water partition coefficient (Wildman–Crippen LogP) is 2.27. The summed E-state index contributed by atoms with van der Waals surface area (Å²) in [5, 5.41) is 3.04. The Kier molecular flexibility index (Phi) is 4.02. The highest BCUT2D eigenvalue weighted by atomic mass is 16.2. The highest BCUT2D eigenvalue weighted by Gasteiger charge is 2.32. The van der Waals surface area contributed by atoms with Crippen LogP contribution in [0.5, 0.6) is 0 Å². The molecule has 1 fully saturated rings. The summed E-state index contributed by atoms with van der Waals surface area (Å²) < 4.78 is 0. The number of carbonyl (C=O) groups excluding carboxylic acids is 1. The average Bonchev–Trinajstić information content (AvgIpc) is 2.86. The zero-order valence-electron chi connectivity index (χ0n) is 11.4. The van der Waals surface area contributed by atoms with Crippen molar-refractivity contribution >= 4 is 5.91 Å². The number of rotatable bonds is 3. The Morgan fingerprint density at radius 2 is 2.17 bits per heavy atom. The van der Waals surface area contributed by atoms with Gasteiger partial charge in [0.15, 0.2) is 0 Å². The fraction of sp³-hybridized carbons (Fsp3) is 0.533. The molecule has 3 nitrogen and oxygen atoms in total. The molecule has 1 aliphatic rings. The van der Waals surface area contributed by atoms with Crippen LogP contribution in [-0.2, 0) is 4.79 Å². The van der Waals surface area contributed by atoms with Crippen LogP contribution in [-0.4, -0.2) is 30.4 Å². The van der Waals surface area contributed by atoms with Gasteiger partial charge in [-0.15, -0.1) is 0 Å². The molecule has 1 saturated heterocycles. The highest BCUT2D eigenvalue weighted by Crippen LogP contribution is 2.33. The number of likely N-dealkylation sites (tertiary alicyclic amines) is 1. The smallest absolute Gasteiger partial charge is 0.239 e. The van der Waals surface area contributed by atoms with Crippen LogP contribution in [0.15, 0.2) is 24.3 Å². The summed E-state index contributed by atoms with van der Waals surface area (Å²) in [6.45, 7) is 4.93. The van der Waals surface area contributed by atoms with Gasteiger partial charge in [-0.05, 0) is 44.9 Å². The number of aryl methyl sites for hydroxylation is 1. The van der Waals surface area contributed by atoms with Crippen molar-refractivity contribution in [3.8, 4) is 0 Å². The van der Waals surface area contributed by atoms with Gasteiger partial charge >= 0.3 is 0 Å². The summed E-state index contributed by atoms with van der Waals surface area (Å²) >= 11 is 0. The van der Waals surface area contributed by atoms with E-state index in [1.807, 2.05) is 18.9 Å². The standard InChI is InChI=1S/C15H22N2O/c1-11-7-4-5-8-13(11)14-9-6-10-17(14)15(18)12(2)16-3/h4-5,7-8,12,14,16H,6,9-10H2,1-3H3. The highest BCUT2D eigenvalue weighted by molar-refractivity contribution is 5.82. The lowest BCUT2D eigenvalue weighted by Crippen LogP contribution is -2.43. The van der Waals surface area contributed by atoms with Gasteiger partial charge in [-0.25, -0.2) is 0 Å². The predicted molar refractivity (Wildman–Crippen MR) is 73.4 cm³/mol. The molecule has 1 heterocycles. The lowest BCUT2D eigenvalue weighted by Gasteiger charge is -2.28. The van der Waals surface area contributed by atoms with E-state index in [-0.39, 0.29) is 18.0 Å². The number of nitrogens with one attached hydrogen (secondary N) is 1. The summed E-state index contributed by atoms with van der Waals surface area (Å²) in [4.78, 5) is 14.4. The Morgan fingerprint density at radius 3 is 2.83 bits per heavy atom. The van der Waals surface area contributed by atoms with Gasteiger partial charge in [0.05, 0.1) is 12.1 Å². The normalized spacial score (nSPS) is 21.1. The van der Waals surface area contributed by atoms with Gasteiger partial charge in [0.25, 0.3) is 0 Å². The monoisotopic (exact) mass is 246 g/mol. The molecule has 3 heteroatoms. The number of benzene rings is 1. The van der Waals surface area contributed by atoms with Gasteiger partial charge in [0, 0.05) is 6.54 Å². The van der Waals surface area contributed by atoms with Gasteiger partial charge in [-0.1, -0.05) is 24.3 Å². The van der Waals surface area contributed by atoms with Crippen molar-refractivity contribution in [1.82, 2.24) is 10.2 Å². The second-order valence-corrected chi connectivity index (χ2v) is 5.06. The summed E-state index contributed by atoms with van der Waals surface area (Å²) in [6, 6.07) is 8.54. The van der Waals surface area contributed by atoms with Crippen molar-refractivity contribution in [3.05, 3.63) is 35.4 Å². The van der Waals surface area contributed by atoms with E-state index in [1.165, 1.54) is 11.1 Å². The molecule has 2 atom stereocenters. The van der Waals surface area contributed by atoms with Gasteiger partial charge in [0.2, 0.25) is 5.91 Å². The molecule has 1 aromatic carbocycles. The molecule has 1 amide bonds. The number of likely N-dealkylation sites (N-methyl/N-ethyl adjacent to an activating group) is 1.